The molecule has 5 rings (SSSR count). The number of Topliss-reactive ketones (excluding diaryl/α,β-unsaturated/α-hetero) is 1. The van der Waals surface area contributed by atoms with Crippen molar-refractivity contribution in [1.82, 2.24) is 14.6 Å². The lowest BCUT2D eigenvalue weighted by atomic mass is 9.82. The first-order valence-corrected chi connectivity index (χ1v) is 9.33. The van der Waals surface area contributed by atoms with Crippen molar-refractivity contribution in [2.75, 3.05) is 7.11 Å². The number of hydrogen-bond donors (Lipinski definition) is 0. The van der Waals surface area contributed by atoms with Crippen LogP contribution in [-0.4, -0.2) is 27.5 Å². The zero-order chi connectivity index (χ0) is 19.1. The zero-order valence-electron chi connectivity index (χ0n) is 15.5. The first-order chi connectivity index (χ1) is 13.7. The summed E-state index contributed by atoms with van der Waals surface area (Å²) < 4.78 is 7.04. The van der Waals surface area contributed by atoms with Crippen LogP contribution in [0.15, 0.2) is 67.0 Å². The highest BCUT2D eigenvalue weighted by atomic mass is 16.5. The summed E-state index contributed by atoms with van der Waals surface area (Å²) in [7, 11) is 1.65. The van der Waals surface area contributed by atoms with Crippen LogP contribution >= 0.6 is 0 Å². The quantitative estimate of drug-likeness (QED) is 0.540. The number of fused-ring (bicyclic) bond motifs is 2. The number of carbonyl (C=O) groups is 1. The number of hydrogen-bond acceptors (Lipinski definition) is 4. The standard InChI is InChI=1S/C23H19N3O2/c1-28-18-9-5-8-16(10-18)19-13-24-26-14-20-21(25-23(19)26)11-17(12-22(20)27)15-6-3-2-4-7-15/h2-10,13-14,17H,11-12H2,1H3. The molecule has 2 aromatic heterocycles. The van der Waals surface area contributed by atoms with Crippen molar-refractivity contribution in [3.05, 3.63) is 83.8 Å². The summed E-state index contributed by atoms with van der Waals surface area (Å²) in [5, 5.41) is 4.43. The molecule has 2 aromatic carbocycles. The normalized spacial score (nSPS) is 16.2. The van der Waals surface area contributed by atoms with Crippen molar-refractivity contribution in [3.63, 3.8) is 0 Å². The van der Waals surface area contributed by atoms with E-state index in [1.54, 1.807) is 17.8 Å². The summed E-state index contributed by atoms with van der Waals surface area (Å²) in [6.07, 6.45) is 4.88. The minimum Gasteiger partial charge on any atom is -0.497 e. The van der Waals surface area contributed by atoms with Crippen LogP contribution in [0.1, 0.15) is 34.0 Å². The molecule has 0 N–H and O–H groups in total. The Balaban J connectivity index is 1.60. The van der Waals surface area contributed by atoms with Gasteiger partial charge in [0.15, 0.2) is 11.4 Å². The van der Waals surface area contributed by atoms with Crippen LogP contribution < -0.4 is 4.74 Å². The fourth-order valence-electron chi connectivity index (χ4n) is 3.93. The van der Waals surface area contributed by atoms with E-state index in [0.717, 1.165) is 34.6 Å². The van der Waals surface area contributed by atoms with Gasteiger partial charge in [0.2, 0.25) is 0 Å². The molecule has 5 heteroatoms. The third-order valence-electron chi connectivity index (χ3n) is 5.40. The van der Waals surface area contributed by atoms with Crippen LogP contribution in [0.4, 0.5) is 0 Å². The Labute approximate surface area is 162 Å². The Hall–Kier alpha value is -3.47. The van der Waals surface area contributed by atoms with Gasteiger partial charge >= 0.3 is 0 Å². The fourth-order valence-corrected chi connectivity index (χ4v) is 3.93. The maximum absolute atomic E-state index is 12.8. The predicted molar refractivity (Wildman–Crippen MR) is 107 cm³/mol. The number of nitrogens with zero attached hydrogens (tertiary/aromatic N) is 3. The van der Waals surface area contributed by atoms with Crippen LogP contribution in [0.25, 0.3) is 16.8 Å². The highest BCUT2D eigenvalue weighted by Gasteiger charge is 2.28. The van der Waals surface area contributed by atoms with E-state index < -0.39 is 0 Å². The minimum absolute atomic E-state index is 0.128. The molecule has 1 unspecified atom stereocenters. The van der Waals surface area contributed by atoms with Gasteiger partial charge in [-0.05, 0) is 35.6 Å². The number of ether oxygens (including phenoxy) is 1. The van der Waals surface area contributed by atoms with E-state index >= 15 is 0 Å². The molecular formula is C23H19N3O2. The molecule has 1 aliphatic rings. The first-order valence-electron chi connectivity index (χ1n) is 9.33. The summed E-state index contributed by atoms with van der Waals surface area (Å²) in [6.45, 7) is 0. The number of rotatable bonds is 3. The van der Waals surface area contributed by atoms with Gasteiger partial charge in [0.05, 0.1) is 24.6 Å². The predicted octanol–water partition coefficient (Wildman–Crippen LogP) is 4.32. The molecular weight excluding hydrogens is 350 g/mol. The van der Waals surface area contributed by atoms with E-state index in [1.807, 2.05) is 48.7 Å². The van der Waals surface area contributed by atoms with Crippen molar-refractivity contribution in [2.45, 2.75) is 18.8 Å². The number of carbonyl (C=O) groups excluding carboxylic acids is 1. The Morgan fingerprint density at radius 2 is 1.89 bits per heavy atom. The number of aromatic nitrogens is 3. The molecule has 0 fully saturated rings. The van der Waals surface area contributed by atoms with Crippen molar-refractivity contribution < 1.29 is 9.53 Å². The molecule has 4 aromatic rings. The molecule has 0 radical (unpaired) electrons. The van der Waals surface area contributed by atoms with Crippen molar-refractivity contribution in [2.24, 2.45) is 0 Å². The maximum Gasteiger partial charge on any atom is 0.166 e. The van der Waals surface area contributed by atoms with Crippen molar-refractivity contribution in [1.29, 1.82) is 0 Å². The molecule has 2 heterocycles. The van der Waals surface area contributed by atoms with E-state index in [-0.39, 0.29) is 11.7 Å². The number of ketones is 1. The molecule has 0 aliphatic heterocycles. The Bertz CT molecular complexity index is 1180. The Morgan fingerprint density at radius 1 is 1.04 bits per heavy atom. The average molecular weight is 369 g/mol. The number of benzene rings is 2. The molecule has 0 bridgehead atoms. The zero-order valence-corrected chi connectivity index (χ0v) is 15.5. The van der Waals surface area contributed by atoms with E-state index in [0.29, 0.717) is 12.0 Å². The highest BCUT2D eigenvalue weighted by molar-refractivity contribution is 5.99. The van der Waals surface area contributed by atoms with Crippen LogP contribution in [0.5, 0.6) is 5.75 Å². The second kappa shape index (κ2) is 6.60. The van der Waals surface area contributed by atoms with Gasteiger partial charge < -0.3 is 4.74 Å². The molecule has 138 valence electrons. The molecule has 1 aliphatic carbocycles. The molecule has 0 saturated heterocycles. The Morgan fingerprint density at radius 3 is 2.71 bits per heavy atom. The van der Waals surface area contributed by atoms with E-state index in [2.05, 4.69) is 17.2 Å². The van der Waals surface area contributed by atoms with Gasteiger partial charge in [0, 0.05) is 18.2 Å². The molecule has 0 saturated carbocycles. The van der Waals surface area contributed by atoms with Gasteiger partial charge in [0.1, 0.15) is 5.75 Å². The molecule has 1 atom stereocenters. The van der Waals surface area contributed by atoms with Gasteiger partial charge in [-0.1, -0.05) is 42.5 Å². The van der Waals surface area contributed by atoms with Crippen LogP contribution in [0.2, 0.25) is 0 Å². The van der Waals surface area contributed by atoms with E-state index in [4.69, 9.17) is 9.72 Å². The fraction of sp³-hybridized carbons (Fsp3) is 0.174. The second-order valence-electron chi connectivity index (χ2n) is 7.10. The van der Waals surface area contributed by atoms with E-state index in [1.165, 1.54) is 5.56 Å². The van der Waals surface area contributed by atoms with Gasteiger partial charge in [-0.3, -0.25) is 4.79 Å². The summed E-state index contributed by atoms with van der Waals surface area (Å²) >= 11 is 0. The van der Waals surface area contributed by atoms with Gasteiger partial charge in [-0.15, -0.1) is 0 Å². The highest BCUT2D eigenvalue weighted by Crippen LogP contribution is 2.33. The Kier molecular flexibility index (Phi) is 3.93. The van der Waals surface area contributed by atoms with Gasteiger partial charge in [-0.2, -0.15) is 5.10 Å². The van der Waals surface area contributed by atoms with E-state index in [9.17, 15) is 4.79 Å². The largest absolute Gasteiger partial charge is 0.497 e. The lowest BCUT2D eigenvalue weighted by molar-refractivity contribution is 0.0962. The lowest BCUT2D eigenvalue weighted by Gasteiger charge is -2.23. The average Bonchev–Trinajstić information content (AvgIpc) is 3.16. The molecule has 5 nitrogen and oxygen atoms in total. The van der Waals surface area contributed by atoms with Crippen LogP contribution in [0.3, 0.4) is 0 Å². The van der Waals surface area contributed by atoms with Gasteiger partial charge in [-0.25, -0.2) is 9.50 Å². The third-order valence-corrected chi connectivity index (χ3v) is 5.40. The number of methoxy groups -OCH3 is 1. The minimum atomic E-state index is 0.128. The summed E-state index contributed by atoms with van der Waals surface area (Å²) in [6, 6.07) is 18.0. The van der Waals surface area contributed by atoms with Crippen LogP contribution in [-0.2, 0) is 6.42 Å². The van der Waals surface area contributed by atoms with Gasteiger partial charge in [0.25, 0.3) is 0 Å². The van der Waals surface area contributed by atoms with Crippen molar-refractivity contribution >= 4 is 11.4 Å². The topological polar surface area (TPSA) is 56.5 Å². The lowest BCUT2D eigenvalue weighted by Crippen LogP contribution is -2.21. The summed E-state index contributed by atoms with van der Waals surface area (Å²) in [4.78, 5) is 17.6. The van der Waals surface area contributed by atoms with Crippen LogP contribution in [0, 0.1) is 0 Å². The monoisotopic (exact) mass is 369 g/mol. The third kappa shape index (κ3) is 2.76. The SMILES string of the molecule is COc1cccc(-c2cnn3cc4c(nc23)CC(c2ccccc2)CC4=O)c1. The smallest absolute Gasteiger partial charge is 0.166 e. The maximum atomic E-state index is 12.8. The molecule has 0 spiro atoms. The first kappa shape index (κ1) is 16.7. The summed E-state index contributed by atoms with van der Waals surface area (Å²) in [5.74, 6) is 1.08. The molecule has 0 amide bonds. The molecule has 28 heavy (non-hydrogen) atoms. The van der Waals surface area contributed by atoms with Crippen molar-refractivity contribution in [3.8, 4) is 16.9 Å². The summed E-state index contributed by atoms with van der Waals surface area (Å²) in [5.41, 5.74) is 5.39. The second-order valence-corrected chi connectivity index (χ2v) is 7.10.